The van der Waals surface area contributed by atoms with E-state index < -0.39 is 39.8 Å². The van der Waals surface area contributed by atoms with Gasteiger partial charge in [-0.3, -0.25) is 34.0 Å². The lowest BCUT2D eigenvalue weighted by Gasteiger charge is -2.34. The van der Waals surface area contributed by atoms with E-state index in [0.29, 0.717) is 19.6 Å². The summed E-state index contributed by atoms with van der Waals surface area (Å²) < 4.78 is 33.7. The van der Waals surface area contributed by atoms with E-state index in [2.05, 4.69) is 6.92 Å². The van der Waals surface area contributed by atoms with Gasteiger partial charge in [-0.1, -0.05) is 103 Å². The van der Waals surface area contributed by atoms with Crippen LogP contribution in [0.1, 0.15) is 110 Å². The van der Waals surface area contributed by atoms with E-state index in [1.54, 1.807) is 14.7 Å². The van der Waals surface area contributed by atoms with Crippen molar-refractivity contribution in [2.75, 3.05) is 111 Å². The number of carboxylic acid groups (broad SMARTS) is 3. The van der Waals surface area contributed by atoms with E-state index in [-0.39, 0.29) is 78.6 Å². The highest BCUT2D eigenvalue weighted by molar-refractivity contribution is 7.89. The largest absolute Gasteiger partial charge is 0.480 e. The van der Waals surface area contributed by atoms with Gasteiger partial charge < -0.3 is 25.2 Å². The van der Waals surface area contributed by atoms with Crippen molar-refractivity contribution in [1.29, 1.82) is 0 Å². The molecule has 0 saturated carbocycles. The second kappa shape index (κ2) is 31.2. The number of hydrogen-bond donors (Lipinski definition) is 4. The van der Waals surface area contributed by atoms with Crippen molar-refractivity contribution in [1.82, 2.24) is 23.9 Å². The Balaban J connectivity index is 2.65. The summed E-state index contributed by atoms with van der Waals surface area (Å²) in [7, 11) is -2.30. The molecule has 1 aliphatic heterocycles. The molecule has 1 heterocycles. The van der Waals surface area contributed by atoms with Crippen LogP contribution in [0, 0.1) is 0 Å². The molecule has 0 bridgehead atoms. The Morgan fingerprint density at radius 3 is 1.24 bits per heavy atom. The Bertz CT molecular complexity index is 1070. The van der Waals surface area contributed by atoms with Crippen molar-refractivity contribution < 1.29 is 48.0 Å². The topological polar surface area (TPSA) is 192 Å². The highest BCUT2D eigenvalue weighted by Gasteiger charge is 2.27. The molecule has 1 unspecified atom stereocenters. The summed E-state index contributed by atoms with van der Waals surface area (Å²) in [5.41, 5.74) is 0. The number of ether oxygens (including phenoxy) is 1. The van der Waals surface area contributed by atoms with Crippen LogP contribution in [0.15, 0.2) is 0 Å². The molecule has 1 atom stereocenters. The zero-order valence-electron chi connectivity index (χ0n) is 33.6. The maximum Gasteiger partial charge on any atom is 0.317 e. The summed E-state index contributed by atoms with van der Waals surface area (Å²) in [6, 6.07) is 0. The van der Waals surface area contributed by atoms with Crippen LogP contribution in [0.5, 0.6) is 0 Å². The van der Waals surface area contributed by atoms with Gasteiger partial charge in [0.1, 0.15) is 0 Å². The van der Waals surface area contributed by atoms with Gasteiger partial charge in [-0.2, -0.15) is 4.31 Å². The van der Waals surface area contributed by atoms with E-state index in [4.69, 9.17) is 4.74 Å². The fourth-order valence-corrected chi connectivity index (χ4v) is 8.49. The minimum absolute atomic E-state index is 0.00333. The van der Waals surface area contributed by atoms with Crippen LogP contribution < -0.4 is 0 Å². The predicted octanol–water partition coefficient (Wildman–Crippen LogP) is 3.36. The lowest BCUT2D eigenvalue weighted by molar-refractivity contribution is -0.140. The first kappa shape index (κ1) is 50.1. The summed E-state index contributed by atoms with van der Waals surface area (Å²) in [6.45, 7) is 4.54. The Morgan fingerprint density at radius 1 is 0.574 bits per heavy atom. The molecule has 15 nitrogen and oxygen atoms in total. The maximum atomic E-state index is 13.5. The fraction of sp³-hybridized carbons (Fsp3) is 0.921. The minimum atomic E-state index is -3.83. The van der Waals surface area contributed by atoms with Crippen molar-refractivity contribution >= 4 is 27.9 Å². The predicted molar refractivity (Wildman–Crippen MR) is 211 cm³/mol. The molecule has 0 aromatic heterocycles. The number of aliphatic hydroxyl groups is 1. The summed E-state index contributed by atoms with van der Waals surface area (Å²) in [5, 5.41) is 39.4. The second-order valence-electron chi connectivity index (χ2n) is 14.9. The van der Waals surface area contributed by atoms with Crippen LogP contribution in [0.4, 0.5) is 0 Å². The van der Waals surface area contributed by atoms with E-state index in [1.807, 2.05) is 4.90 Å². The third kappa shape index (κ3) is 26.8. The van der Waals surface area contributed by atoms with Gasteiger partial charge in [-0.05, 0) is 6.42 Å². The van der Waals surface area contributed by atoms with Crippen molar-refractivity contribution in [3.63, 3.8) is 0 Å². The molecule has 1 fully saturated rings. The third-order valence-corrected chi connectivity index (χ3v) is 12.0. The Labute approximate surface area is 326 Å². The molecule has 0 spiro atoms. The van der Waals surface area contributed by atoms with E-state index in [0.717, 1.165) is 25.7 Å². The molecule has 54 heavy (non-hydrogen) atoms. The zero-order valence-corrected chi connectivity index (χ0v) is 34.4. The average molecular weight is 794 g/mol. The van der Waals surface area contributed by atoms with Gasteiger partial charge in [-0.15, -0.1) is 0 Å². The Morgan fingerprint density at radius 2 is 0.907 bits per heavy atom. The van der Waals surface area contributed by atoms with Crippen LogP contribution >= 0.6 is 0 Å². The molecule has 16 heteroatoms. The first-order valence-electron chi connectivity index (χ1n) is 20.6. The molecule has 0 aliphatic carbocycles. The smallest absolute Gasteiger partial charge is 0.317 e. The number of carboxylic acids is 3. The molecular formula is C38H75N5O10S. The van der Waals surface area contributed by atoms with Crippen molar-refractivity contribution in [2.24, 2.45) is 0 Å². The van der Waals surface area contributed by atoms with Gasteiger partial charge in [0.05, 0.1) is 38.1 Å². The molecule has 318 valence electrons. The van der Waals surface area contributed by atoms with Crippen molar-refractivity contribution in [3.05, 3.63) is 0 Å². The monoisotopic (exact) mass is 794 g/mol. The summed E-state index contributed by atoms with van der Waals surface area (Å²) >= 11 is 0. The molecule has 1 aliphatic rings. The van der Waals surface area contributed by atoms with Crippen LogP contribution in [-0.4, -0.2) is 188 Å². The number of aliphatic carboxylic acids is 3. The molecule has 0 radical (unpaired) electrons. The van der Waals surface area contributed by atoms with Crippen molar-refractivity contribution in [3.8, 4) is 0 Å². The van der Waals surface area contributed by atoms with E-state index in [9.17, 15) is 43.2 Å². The number of unbranched alkanes of at least 4 members (excludes halogenated alkanes) is 15. The van der Waals surface area contributed by atoms with Gasteiger partial charge in [0, 0.05) is 79.1 Å². The highest BCUT2D eigenvalue weighted by atomic mass is 32.2. The minimum Gasteiger partial charge on any atom is -0.480 e. The number of aliphatic hydroxyl groups excluding tert-OH is 1. The van der Waals surface area contributed by atoms with Gasteiger partial charge in [-0.25, -0.2) is 8.42 Å². The number of β-amino-alcohol motifs (C(OH)–C–C–N with tert-alkyl or cyclic N) is 1. The van der Waals surface area contributed by atoms with Gasteiger partial charge in [0.15, 0.2) is 0 Å². The molecule has 1 saturated heterocycles. The number of carbonyl (C=O) groups is 3. The number of methoxy groups -OCH3 is 1. The molecule has 0 aromatic rings. The Hall–Kier alpha value is -1.92. The molecular weight excluding hydrogens is 719 g/mol. The quantitative estimate of drug-likeness (QED) is 0.0748. The van der Waals surface area contributed by atoms with Gasteiger partial charge >= 0.3 is 17.9 Å². The normalized spacial score (nSPS) is 17.0. The van der Waals surface area contributed by atoms with Gasteiger partial charge in [0.2, 0.25) is 10.0 Å². The average Bonchev–Trinajstić information content (AvgIpc) is 3.09. The number of sulfonamides is 1. The number of hydrogen-bond acceptors (Lipinski definition) is 11. The molecule has 0 aromatic carbocycles. The van der Waals surface area contributed by atoms with Gasteiger partial charge in [0.25, 0.3) is 0 Å². The third-order valence-electron chi connectivity index (χ3n) is 10.1. The van der Waals surface area contributed by atoms with Crippen LogP contribution in [0.25, 0.3) is 0 Å². The van der Waals surface area contributed by atoms with E-state index >= 15 is 0 Å². The molecule has 4 N–H and O–H groups in total. The SMILES string of the molecule is CCCCCCCCCCCCCCCCCCN(CCOC)S(=O)(=O)CC(O)CN1CCN(CC(=O)O)CCN(CC(=O)O)CCN(CC(=O)O)CC1. The van der Waals surface area contributed by atoms with E-state index in [1.165, 1.54) is 88.5 Å². The first-order valence-corrected chi connectivity index (χ1v) is 22.2. The number of nitrogens with zero attached hydrogens (tertiary/aromatic N) is 5. The van der Waals surface area contributed by atoms with Crippen LogP contribution in [0.3, 0.4) is 0 Å². The maximum absolute atomic E-state index is 13.5. The lowest BCUT2D eigenvalue weighted by Crippen LogP contribution is -2.50. The zero-order chi connectivity index (χ0) is 40.0. The molecule has 0 amide bonds. The first-order chi connectivity index (χ1) is 25.9. The number of rotatable bonds is 31. The second-order valence-corrected chi connectivity index (χ2v) is 17.0. The van der Waals surface area contributed by atoms with Crippen LogP contribution in [-0.2, 0) is 29.1 Å². The summed E-state index contributed by atoms with van der Waals surface area (Å²) in [4.78, 5) is 41.5. The summed E-state index contributed by atoms with van der Waals surface area (Å²) in [5.74, 6) is -3.57. The summed E-state index contributed by atoms with van der Waals surface area (Å²) in [6.07, 6.45) is 18.5. The van der Waals surface area contributed by atoms with Crippen molar-refractivity contribution in [2.45, 2.75) is 116 Å². The lowest BCUT2D eigenvalue weighted by atomic mass is 10.0. The fourth-order valence-electron chi connectivity index (χ4n) is 6.93. The highest BCUT2D eigenvalue weighted by Crippen LogP contribution is 2.15. The molecule has 1 rings (SSSR count). The Kier molecular flexibility index (Phi) is 28.9. The standard InChI is InChI=1S/C38H75N5O10S/c1-3-4-5-6-7-8-9-10-11-12-13-14-15-16-17-18-19-43(28-29-53-2)54(51,52)34-35(44)30-39-20-22-40(31-36(45)46)24-26-42(33-38(49)50)27-25-41(23-21-39)32-37(47)48/h35,44H,3-34H2,1-2H3,(H,45,46)(H,47,48)(H,49,50). The van der Waals surface area contributed by atoms with Crippen LogP contribution in [0.2, 0.25) is 0 Å².